The third kappa shape index (κ3) is 3.33. The first-order valence-corrected chi connectivity index (χ1v) is 9.67. The highest BCUT2D eigenvalue weighted by atomic mass is 16.2. The zero-order valence-corrected chi connectivity index (χ0v) is 16.0. The van der Waals surface area contributed by atoms with Gasteiger partial charge in [-0.15, -0.1) is 0 Å². The Balaban J connectivity index is 1.37. The Morgan fingerprint density at radius 2 is 1.61 bits per heavy atom. The second-order valence-corrected chi connectivity index (χ2v) is 6.87. The third-order valence-electron chi connectivity index (χ3n) is 5.12. The largest absolute Gasteiger partial charge is 0.354 e. The van der Waals surface area contributed by atoms with Gasteiger partial charge in [0.1, 0.15) is 6.54 Å². The molecule has 1 N–H and O–H groups in total. The van der Waals surface area contributed by atoms with E-state index in [-0.39, 0.29) is 18.1 Å². The molecule has 0 saturated carbocycles. The molecule has 0 bridgehead atoms. The van der Waals surface area contributed by atoms with Crippen molar-refractivity contribution in [2.45, 2.75) is 33.0 Å². The van der Waals surface area contributed by atoms with Crippen molar-refractivity contribution in [2.24, 2.45) is 0 Å². The Morgan fingerprint density at radius 1 is 0.929 bits per heavy atom. The van der Waals surface area contributed by atoms with E-state index in [9.17, 15) is 9.59 Å². The van der Waals surface area contributed by atoms with E-state index in [0.29, 0.717) is 13.1 Å². The minimum atomic E-state index is -0.141. The highest BCUT2D eigenvalue weighted by Crippen LogP contribution is 2.15. The Hall–Kier alpha value is -3.28. The number of hydrogen-bond acceptors (Lipinski definition) is 2. The SMILES string of the molecule is CCn1c(=O)n(CC(=O)NCCCn2ccc3ccccc32)c2ccccc21. The van der Waals surface area contributed by atoms with E-state index in [0.717, 1.165) is 24.0 Å². The molecule has 2 heterocycles. The molecule has 0 saturated heterocycles. The molecule has 2 aromatic heterocycles. The molecule has 6 nitrogen and oxygen atoms in total. The topological polar surface area (TPSA) is 61.0 Å². The molecule has 1 amide bonds. The predicted molar refractivity (Wildman–Crippen MR) is 111 cm³/mol. The van der Waals surface area contributed by atoms with E-state index < -0.39 is 0 Å². The van der Waals surface area contributed by atoms with Crippen LogP contribution in [0.25, 0.3) is 21.9 Å². The van der Waals surface area contributed by atoms with Crippen molar-refractivity contribution in [3.8, 4) is 0 Å². The van der Waals surface area contributed by atoms with E-state index >= 15 is 0 Å². The van der Waals surface area contributed by atoms with Crippen molar-refractivity contribution in [1.82, 2.24) is 19.0 Å². The normalized spacial score (nSPS) is 11.3. The van der Waals surface area contributed by atoms with Crippen molar-refractivity contribution in [3.05, 3.63) is 71.3 Å². The second kappa shape index (κ2) is 7.76. The van der Waals surface area contributed by atoms with Crippen LogP contribution in [0.5, 0.6) is 0 Å². The minimum absolute atomic E-state index is 0.0405. The highest BCUT2D eigenvalue weighted by molar-refractivity contribution is 5.81. The van der Waals surface area contributed by atoms with Crippen molar-refractivity contribution in [1.29, 1.82) is 0 Å². The molecular weight excluding hydrogens is 352 g/mol. The van der Waals surface area contributed by atoms with Crippen molar-refractivity contribution >= 4 is 27.8 Å². The summed E-state index contributed by atoms with van der Waals surface area (Å²) < 4.78 is 5.44. The molecule has 0 radical (unpaired) electrons. The Morgan fingerprint density at radius 3 is 2.36 bits per heavy atom. The minimum Gasteiger partial charge on any atom is -0.354 e. The Bertz CT molecular complexity index is 1180. The Kier molecular flexibility index (Phi) is 5.02. The van der Waals surface area contributed by atoms with Crippen LogP contribution in [0.4, 0.5) is 0 Å². The van der Waals surface area contributed by atoms with Crippen LogP contribution < -0.4 is 11.0 Å². The number of aromatic nitrogens is 3. The lowest BCUT2D eigenvalue weighted by atomic mass is 10.2. The average Bonchev–Trinajstić information content (AvgIpc) is 3.24. The number of para-hydroxylation sites is 3. The quantitative estimate of drug-likeness (QED) is 0.504. The van der Waals surface area contributed by atoms with Gasteiger partial charge in [-0.3, -0.25) is 13.9 Å². The van der Waals surface area contributed by atoms with Crippen LogP contribution in [0.1, 0.15) is 13.3 Å². The van der Waals surface area contributed by atoms with Crippen molar-refractivity contribution in [2.75, 3.05) is 6.54 Å². The molecule has 6 heteroatoms. The Labute approximate surface area is 163 Å². The van der Waals surface area contributed by atoms with E-state index in [2.05, 4.69) is 34.3 Å². The van der Waals surface area contributed by atoms with Gasteiger partial charge in [0, 0.05) is 31.3 Å². The van der Waals surface area contributed by atoms with Crippen LogP contribution in [0, 0.1) is 0 Å². The summed E-state index contributed by atoms with van der Waals surface area (Å²) in [6.07, 6.45) is 2.90. The maximum absolute atomic E-state index is 12.6. The summed E-state index contributed by atoms with van der Waals surface area (Å²) in [5.41, 5.74) is 2.72. The molecule has 144 valence electrons. The summed E-state index contributed by atoms with van der Waals surface area (Å²) in [7, 11) is 0. The van der Waals surface area contributed by atoms with Crippen molar-refractivity contribution < 1.29 is 4.79 Å². The highest BCUT2D eigenvalue weighted by Gasteiger charge is 2.14. The molecule has 2 aromatic carbocycles. The maximum Gasteiger partial charge on any atom is 0.329 e. The molecule has 0 aliphatic carbocycles. The number of imidazole rings is 1. The molecule has 0 fully saturated rings. The van der Waals surface area contributed by atoms with Gasteiger partial charge in [0.05, 0.1) is 11.0 Å². The fourth-order valence-corrected chi connectivity index (χ4v) is 3.74. The molecule has 0 atom stereocenters. The fraction of sp³-hybridized carbons (Fsp3) is 0.273. The number of benzene rings is 2. The van der Waals surface area contributed by atoms with Crippen LogP contribution in [0.2, 0.25) is 0 Å². The molecule has 4 aromatic rings. The van der Waals surface area contributed by atoms with Gasteiger partial charge in [0.25, 0.3) is 0 Å². The van der Waals surface area contributed by atoms with Gasteiger partial charge in [0.2, 0.25) is 5.91 Å². The first kappa shape index (κ1) is 18.1. The summed E-state index contributed by atoms with van der Waals surface area (Å²) in [5, 5.41) is 4.16. The number of rotatable bonds is 7. The number of amides is 1. The molecule has 0 spiro atoms. The summed E-state index contributed by atoms with van der Waals surface area (Å²) in [6.45, 7) is 3.97. The second-order valence-electron chi connectivity index (χ2n) is 6.87. The maximum atomic E-state index is 12.6. The van der Waals surface area contributed by atoms with E-state index in [1.165, 1.54) is 10.9 Å². The van der Waals surface area contributed by atoms with Gasteiger partial charge < -0.3 is 9.88 Å². The summed E-state index contributed by atoms with van der Waals surface area (Å²) in [5.74, 6) is -0.140. The smallest absolute Gasteiger partial charge is 0.329 e. The van der Waals surface area contributed by atoms with E-state index in [1.807, 2.05) is 43.3 Å². The number of fused-ring (bicyclic) bond motifs is 2. The van der Waals surface area contributed by atoms with Crippen LogP contribution in [-0.4, -0.2) is 26.2 Å². The first-order chi connectivity index (χ1) is 13.7. The van der Waals surface area contributed by atoms with E-state index in [1.54, 1.807) is 9.13 Å². The van der Waals surface area contributed by atoms with Gasteiger partial charge in [-0.1, -0.05) is 30.3 Å². The average molecular weight is 376 g/mol. The molecular formula is C22H24N4O2. The molecule has 4 rings (SSSR count). The van der Waals surface area contributed by atoms with Gasteiger partial charge >= 0.3 is 5.69 Å². The summed E-state index contributed by atoms with van der Waals surface area (Å²) in [4.78, 5) is 25.0. The third-order valence-corrected chi connectivity index (χ3v) is 5.12. The molecule has 28 heavy (non-hydrogen) atoms. The zero-order chi connectivity index (χ0) is 19.5. The van der Waals surface area contributed by atoms with E-state index in [4.69, 9.17) is 0 Å². The summed E-state index contributed by atoms with van der Waals surface area (Å²) in [6, 6.07) is 17.9. The lowest BCUT2D eigenvalue weighted by Gasteiger charge is -2.08. The number of carbonyl (C=O) groups excluding carboxylic acids is 1. The number of nitrogens with one attached hydrogen (secondary N) is 1. The monoisotopic (exact) mass is 376 g/mol. The van der Waals surface area contributed by atoms with Gasteiger partial charge in [-0.05, 0) is 43.0 Å². The number of aryl methyl sites for hydroxylation is 2. The standard InChI is InChI=1S/C22H24N4O2/c1-2-25-19-10-5-6-11-20(19)26(22(25)28)16-21(27)23-13-7-14-24-15-12-17-8-3-4-9-18(17)24/h3-6,8-12,15H,2,7,13-14,16H2,1H3,(H,23,27). The lowest BCUT2D eigenvalue weighted by molar-refractivity contribution is -0.121. The van der Waals surface area contributed by atoms with Crippen LogP contribution in [-0.2, 0) is 24.4 Å². The van der Waals surface area contributed by atoms with Gasteiger partial charge in [-0.25, -0.2) is 4.79 Å². The number of nitrogens with zero attached hydrogens (tertiary/aromatic N) is 3. The van der Waals surface area contributed by atoms with Crippen LogP contribution in [0.15, 0.2) is 65.6 Å². The predicted octanol–water partition coefficient (Wildman–Crippen LogP) is 2.98. The molecule has 0 unspecified atom stereocenters. The molecule has 0 aliphatic rings. The van der Waals surface area contributed by atoms with Gasteiger partial charge in [0.15, 0.2) is 0 Å². The zero-order valence-electron chi connectivity index (χ0n) is 16.0. The summed E-state index contributed by atoms with van der Waals surface area (Å²) >= 11 is 0. The number of hydrogen-bond donors (Lipinski definition) is 1. The van der Waals surface area contributed by atoms with Crippen LogP contribution in [0.3, 0.4) is 0 Å². The molecule has 0 aliphatic heterocycles. The van der Waals surface area contributed by atoms with Crippen LogP contribution >= 0.6 is 0 Å². The lowest BCUT2D eigenvalue weighted by Crippen LogP contribution is -2.33. The number of carbonyl (C=O) groups is 1. The van der Waals surface area contributed by atoms with Crippen molar-refractivity contribution in [3.63, 3.8) is 0 Å². The fourth-order valence-electron chi connectivity index (χ4n) is 3.74. The first-order valence-electron chi connectivity index (χ1n) is 9.67. The van der Waals surface area contributed by atoms with Gasteiger partial charge in [-0.2, -0.15) is 0 Å².